The second kappa shape index (κ2) is 8.64. The van der Waals surface area contributed by atoms with E-state index in [0.717, 1.165) is 24.2 Å². The normalized spacial score (nSPS) is 23.3. The molecule has 4 amide bonds. The zero-order valence-electron chi connectivity index (χ0n) is 17.0. The molecule has 0 bridgehead atoms. The molecule has 1 saturated heterocycles. The van der Waals surface area contributed by atoms with Gasteiger partial charge in [0.1, 0.15) is 12.1 Å². The Kier molecular flexibility index (Phi) is 6.19. The molecule has 9 heteroatoms. The fourth-order valence-corrected chi connectivity index (χ4v) is 3.99. The highest BCUT2D eigenvalue weighted by molar-refractivity contribution is 6.09. The smallest absolute Gasteiger partial charge is 0.326 e. The van der Waals surface area contributed by atoms with E-state index in [1.165, 1.54) is 19.1 Å². The molecule has 1 aromatic carbocycles. The van der Waals surface area contributed by atoms with Crippen molar-refractivity contribution in [1.82, 2.24) is 10.2 Å². The fraction of sp³-hybridized carbons (Fsp3) is 0.476. The fourth-order valence-electron chi connectivity index (χ4n) is 3.99. The lowest BCUT2D eigenvalue weighted by Gasteiger charge is -2.36. The van der Waals surface area contributed by atoms with Crippen molar-refractivity contribution in [3.05, 3.63) is 29.8 Å². The number of rotatable bonds is 6. The van der Waals surface area contributed by atoms with Gasteiger partial charge in [0, 0.05) is 18.2 Å². The highest BCUT2D eigenvalue weighted by atomic mass is 16.5. The average Bonchev–Trinajstić information content (AvgIpc) is 2.93. The number of nitrogens with one attached hydrogen (secondary N) is 2. The molecule has 0 aromatic heterocycles. The Morgan fingerprint density at radius 1 is 1.20 bits per heavy atom. The van der Waals surface area contributed by atoms with Crippen LogP contribution in [0.3, 0.4) is 0 Å². The highest BCUT2D eigenvalue weighted by Crippen LogP contribution is 2.38. The number of esters is 1. The third-order valence-electron chi connectivity index (χ3n) is 5.68. The minimum absolute atomic E-state index is 0.00855. The summed E-state index contributed by atoms with van der Waals surface area (Å²) in [5.41, 5.74) is -0.0940. The number of anilines is 1. The van der Waals surface area contributed by atoms with Crippen LogP contribution in [0.4, 0.5) is 10.5 Å². The van der Waals surface area contributed by atoms with Crippen LogP contribution < -0.4 is 10.6 Å². The predicted octanol–water partition coefficient (Wildman–Crippen LogP) is 1.87. The standard InChI is InChI=1S/C21H25N3O6/c1-13-5-3-4-10-21(13)19(28)24(20(29)23-21)11-18(27)30-12-17(26)15-6-8-16(9-7-15)22-14(2)25/h6-9,13H,3-5,10-12H2,1-2H3,(H,22,25)(H,23,29)/t13-,21+/m0/s1. The minimum atomic E-state index is -0.943. The summed E-state index contributed by atoms with van der Waals surface area (Å²) >= 11 is 0. The Hall–Kier alpha value is -3.23. The second-order valence-electron chi connectivity index (χ2n) is 7.78. The van der Waals surface area contributed by atoms with Crippen molar-refractivity contribution in [2.24, 2.45) is 5.92 Å². The van der Waals surface area contributed by atoms with Gasteiger partial charge in [-0.25, -0.2) is 4.79 Å². The Morgan fingerprint density at radius 3 is 2.53 bits per heavy atom. The summed E-state index contributed by atoms with van der Waals surface area (Å²) in [5, 5.41) is 5.35. The van der Waals surface area contributed by atoms with Gasteiger partial charge < -0.3 is 15.4 Å². The minimum Gasteiger partial charge on any atom is -0.456 e. The number of benzene rings is 1. The second-order valence-corrected chi connectivity index (χ2v) is 7.78. The maximum atomic E-state index is 12.8. The average molecular weight is 415 g/mol. The number of carbonyl (C=O) groups excluding carboxylic acids is 5. The lowest BCUT2D eigenvalue weighted by atomic mass is 9.73. The van der Waals surface area contributed by atoms with Crippen LogP contribution in [-0.4, -0.2) is 53.2 Å². The van der Waals surface area contributed by atoms with E-state index >= 15 is 0 Å². The summed E-state index contributed by atoms with van der Waals surface area (Å²) in [6.45, 7) is 2.26. The molecule has 1 aromatic rings. The molecule has 3 rings (SSSR count). The van der Waals surface area contributed by atoms with Crippen LogP contribution in [0.25, 0.3) is 0 Å². The van der Waals surface area contributed by atoms with Crippen molar-refractivity contribution >= 4 is 35.3 Å². The molecule has 1 saturated carbocycles. The molecule has 2 atom stereocenters. The zero-order chi connectivity index (χ0) is 21.9. The Bertz CT molecular complexity index is 881. The molecule has 1 spiro atoms. The molecule has 1 aliphatic carbocycles. The van der Waals surface area contributed by atoms with Crippen LogP contribution in [-0.2, 0) is 19.1 Å². The largest absolute Gasteiger partial charge is 0.456 e. The van der Waals surface area contributed by atoms with Gasteiger partial charge in [0.2, 0.25) is 5.91 Å². The topological polar surface area (TPSA) is 122 Å². The number of ketones is 1. The number of ether oxygens (including phenoxy) is 1. The molecule has 2 fully saturated rings. The molecule has 0 radical (unpaired) electrons. The van der Waals surface area contributed by atoms with Crippen molar-refractivity contribution < 1.29 is 28.7 Å². The van der Waals surface area contributed by atoms with E-state index in [9.17, 15) is 24.0 Å². The van der Waals surface area contributed by atoms with E-state index in [0.29, 0.717) is 17.7 Å². The summed E-state index contributed by atoms with van der Waals surface area (Å²) < 4.78 is 4.98. The summed E-state index contributed by atoms with van der Waals surface area (Å²) in [6.07, 6.45) is 3.22. The number of imide groups is 1. The van der Waals surface area contributed by atoms with Crippen molar-refractivity contribution in [1.29, 1.82) is 0 Å². The molecule has 160 valence electrons. The first-order valence-electron chi connectivity index (χ1n) is 9.93. The number of Topliss-reactive ketones (excluding diaryl/α,β-unsaturated/α-hetero) is 1. The summed E-state index contributed by atoms with van der Waals surface area (Å²) in [7, 11) is 0. The van der Waals surface area contributed by atoms with Gasteiger partial charge in [-0.3, -0.25) is 24.1 Å². The van der Waals surface area contributed by atoms with Gasteiger partial charge in [0.15, 0.2) is 12.4 Å². The quantitative estimate of drug-likeness (QED) is 0.416. The van der Waals surface area contributed by atoms with Crippen LogP contribution >= 0.6 is 0 Å². The summed E-state index contributed by atoms with van der Waals surface area (Å²) in [4.78, 5) is 61.4. The van der Waals surface area contributed by atoms with Crippen molar-refractivity contribution in [2.75, 3.05) is 18.5 Å². The highest BCUT2D eigenvalue weighted by Gasteiger charge is 2.55. The van der Waals surface area contributed by atoms with Gasteiger partial charge >= 0.3 is 12.0 Å². The predicted molar refractivity (Wildman–Crippen MR) is 107 cm³/mol. The molecular formula is C21H25N3O6. The van der Waals surface area contributed by atoms with Gasteiger partial charge in [0.25, 0.3) is 5.91 Å². The van der Waals surface area contributed by atoms with Crippen molar-refractivity contribution in [2.45, 2.75) is 45.1 Å². The van der Waals surface area contributed by atoms with Gasteiger partial charge in [-0.05, 0) is 43.0 Å². The number of urea groups is 1. The number of nitrogens with zero attached hydrogens (tertiary/aromatic N) is 1. The van der Waals surface area contributed by atoms with Crippen LogP contribution in [0.1, 0.15) is 49.9 Å². The molecule has 2 aliphatic rings. The first kappa shape index (κ1) is 21.5. The van der Waals surface area contributed by atoms with E-state index in [4.69, 9.17) is 4.74 Å². The molecule has 30 heavy (non-hydrogen) atoms. The van der Waals surface area contributed by atoms with Gasteiger partial charge in [-0.15, -0.1) is 0 Å². The number of hydrogen-bond donors (Lipinski definition) is 2. The van der Waals surface area contributed by atoms with Gasteiger partial charge in [-0.2, -0.15) is 0 Å². The SMILES string of the molecule is CC(=O)Nc1ccc(C(=O)COC(=O)CN2C(=O)N[C@@]3(CCCC[C@@H]3C)C2=O)cc1. The van der Waals surface area contributed by atoms with E-state index in [1.54, 1.807) is 12.1 Å². The Balaban J connectivity index is 1.54. The van der Waals surface area contributed by atoms with E-state index in [2.05, 4.69) is 10.6 Å². The van der Waals surface area contributed by atoms with E-state index < -0.39 is 42.4 Å². The summed E-state index contributed by atoms with van der Waals surface area (Å²) in [6, 6.07) is 5.54. The molecular weight excluding hydrogens is 390 g/mol. The first-order chi connectivity index (χ1) is 14.2. The maximum absolute atomic E-state index is 12.8. The zero-order valence-corrected chi connectivity index (χ0v) is 17.0. The monoisotopic (exact) mass is 415 g/mol. The van der Waals surface area contributed by atoms with E-state index in [-0.39, 0.29) is 11.8 Å². The van der Waals surface area contributed by atoms with Crippen molar-refractivity contribution in [3.63, 3.8) is 0 Å². The molecule has 0 unspecified atom stereocenters. The molecule has 9 nitrogen and oxygen atoms in total. The number of hydrogen-bond acceptors (Lipinski definition) is 6. The molecule has 1 aliphatic heterocycles. The number of amides is 4. The lowest BCUT2D eigenvalue weighted by molar-refractivity contribution is -0.147. The Labute approximate surface area is 174 Å². The van der Waals surface area contributed by atoms with Crippen molar-refractivity contribution in [3.8, 4) is 0 Å². The third kappa shape index (κ3) is 4.34. The van der Waals surface area contributed by atoms with Crippen LogP contribution in [0.15, 0.2) is 24.3 Å². The third-order valence-corrected chi connectivity index (χ3v) is 5.68. The Morgan fingerprint density at radius 2 is 1.90 bits per heavy atom. The molecule has 2 N–H and O–H groups in total. The maximum Gasteiger partial charge on any atom is 0.326 e. The van der Waals surface area contributed by atoms with E-state index in [1.807, 2.05) is 6.92 Å². The van der Waals surface area contributed by atoms with Gasteiger partial charge in [0.05, 0.1) is 0 Å². The lowest BCUT2D eigenvalue weighted by Crippen LogP contribution is -2.54. The van der Waals surface area contributed by atoms with Gasteiger partial charge in [-0.1, -0.05) is 19.8 Å². The summed E-state index contributed by atoms with van der Waals surface area (Å²) in [5.74, 6) is -1.91. The number of carbonyl (C=O) groups is 5. The van der Waals surface area contributed by atoms with Crippen LogP contribution in [0.5, 0.6) is 0 Å². The van der Waals surface area contributed by atoms with Crippen LogP contribution in [0.2, 0.25) is 0 Å². The first-order valence-corrected chi connectivity index (χ1v) is 9.93. The molecule has 1 heterocycles. The van der Waals surface area contributed by atoms with Crippen LogP contribution in [0, 0.1) is 5.92 Å².